The number of aryl methyl sites for hydroxylation is 1. The molecule has 1 fully saturated rings. The molecule has 1 aromatic carbocycles. The van der Waals surface area contributed by atoms with E-state index in [4.69, 9.17) is 14.5 Å². The lowest BCUT2D eigenvalue weighted by Crippen LogP contribution is -2.46. The summed E-state index contributed by atoms with van der Waals surface area (Å²) in [7, 11) is 1.72. The van der Waals surface area contributed by atoms with E-state index in [1.165, 1.54) is 11.1 Å². The molecule has 27 heavy (non-hydrogen) atoms. The van der Waals surface area contributed by atoms with Crippen LogP contribution in [0.25, 0.3) is 0 Å². The standard InChI is InChI=1S/C21H36N4O2/c1-6-22-20(24-16-21(3,4)26-5)23-15-19(25-11-13-27-14-12-25)18-9-7-17(2)8-10-18/h7-10,19H,6,11-16H2,1-5H3,(H2,22,23,24). The third-order valence-corrected chi connectivity index (χ3v) is 4.93. The van der Waals surface area contributed by atoms with Gasteiger partial charge in [0.1, 0.15) is 0 Å². The van der Waals surface area contributed by atoms with Crippen molar-refractivity contribution in [2.24, 2.45) is 4.99 Å². The number of benzene rings is 1. The molecule has 1 unspecified atom stereocenters. The van der Waals surface area contributed by atoms with Gasteiger partial charge < -0.3 is 20.1 Å². The van der Waals surface area contributed by atoms with Gasteiger partial charge in [-0.1, -0.05) is 29.8 Å². The first-order chi connectivity index (χ1) is 12.9. The number of nitrogens with one attached hydrogen (secondary N) is 2. The number of aliphatic imine (C=N–C) groups is 1. The van der Waals surface area contributed by atoms with Gasteiger partial charge in [-0.3, -0.25) is 9.89 Å². The molecule has 1 aliphatic heterocycles. The summed E-state index contributed by atoms with van der Waals surface area (Å²) in [6.45, 7) is 14.0. The number of rotatable bonds is 8. The van der Waals surface area contributed by atoms with Crippen LogP contribution in [0.5, 0.6) is 0 Å². The van der Waals surface area contributed by atoms with E-state index in [0.29, 0.717) is 6.54 Å². The molecule has 0 spiro atoms. The molecule has 6 heteroatoms. The Balaban J connectivity index is 2.10. The molecule has 1 aromatic rings. The number of nitrogens with zero attached hydrogens (tertiary/aromatic N) is 2. The summed E-state index contributed by atoms with van der Waals surface area (Å²) in [6, 6.07) is 9.12. The Morgan fingerprint density at radius 1 is 1.22 bits per heavy atom. The van der Waals surface area contributed by atoms with Crippen LogP contribution in [0.1, 0.15) is 37.9 Å². The van der Waals surface area contributed by atoms with Crippen molar-refractivity contribution in [2.75, 3.05) is 53.0 Å². The summed E-state index contributed by atoms with van der Waals surface area (Å²) in [6.07, 6.45) is 0. The maximum Gasteiger partial charge on any atom is 0.191 e. The third-order valence-electron chi connectivity index (χ3n) is 4.93. The highest BCUT2D eigenvalue weighted by Gasteiger charge is 2.23. The Morgan fingerprint density at radius 2 is 1.89 bits per heavy atom. The smallest absolute Gasteiger partial charge is 0.191 e. The van der Waals surface area contributed by atoms with Gasteiger partial charge in [-0.25, -0.2) is 0 Å². The number of morpholine rings is 1. The van der Waals surface area contributed by atoms with Gasteiger partial charge in [0.15, 0.2) is 5.96 Å². The Labute approximate surface area is 164 Å². The first-order valence-corrected chi connectivity index (χ1v) is 9.91. The Kier molecular flexibility index (Phi) is 8.54. The van der Waals surface area contributed by atoms with Crippen molar-refractivity contribution >= 4 is 5.96 Å². The van der Waals surface area contributed by atoms with E-state index in [1.54, 1.807) is 7.11 Å². The fourth-order valence-electron chi connectivity index (χ4n) is 3.00. The Morgan fingerprint density at radius 3 is 2.48 bits per heavy atom. The monoisotopic (exact) mass is 376 g/mol. The minimum atomic E-state index is -0.275. The molecule has 2 rings (SSSR count). The van der Waals surface area contributed by atoms with E-state index in [-0.39, 0.29) is 11.6 Å². The van der Waals surface area contributed by atoms with Crippen LogP contribution in [0.3, 0.4) is 0 Å². The zero-order valence-corrected chi connectivity index (χ0v) is 17.5. The van der Waals surface area contributed by atoms with E-state index in [0.717, 1.165) is 45.4 Å². The van der Waals surface area contributed by atoms with Crippen LogP contribution in [0.15, 0.2) is 29.3 Å². The average molecular weight is 377 g/mol. The summed E-state index contributed by atoms with van der Waals surface area (Å²) >= 11 is 0. The summed E-state index contributed by atoms with van der Waals surface area (Å²) in [4.78, 5) is 7.20. The molecule has 1 saturated heterocycles. The predicted molar refractivity (Wildman–Crippen MR) is 111 cm³/mol. The van der Waals surface area contributed by atoms with Gasteiger partial charge in [-0.05, 0) is 33.3 Å². The van der Waals surface area contributed by atoms with E-state index in [1.807, 2.05) is 13.8 Å². The molecule has 152 valence electrons. The first-order valence-electron chi connectivity index (χ1n) is 9.91. The van der Waals surface area contributed by atoms with E-state index in [2.05, 4.69) is 53.6 Å². The fraction of sp³-hybridized carbons (Fsp3) is 0.667. The maximum atomic E-state index is 5.55. The highest BCUT2D eigenvalue weighted by molar-refractivity contribution is 5.79. The summed E-state index contributed by atoms with van der Waals surface area (Å²) < 4.78 is 11.0. The van der Waals surface area contributed by atoms with Gasteiger partial charge in [0.05, 0.1) is 31.4 Å². The lowest BCUT2D eigenvalue weighted by molar-refractivity contribution is 0.0169. The van der Waals surface area contributed by atoms with Crippen LogP contribution in [0.4, 0.5) is 0 Å². The van der Waals surface area contributed by atoms with E-state index in [9.17, 15) is 0 Å². The van der Waals surface area contributed by atoms with Gasteiger partial charge in [0.25, 0.3) is 0 Å². The normalized spacial score (nSPS) is 17.6. The topological polar surface area (TPSA) is 58.1 Å². The van der Waals surface area contributed by atoms with Crippen LogP contribution >= 0.6 is 0 Å². The molecule has 1 aliphatic rings. The molecule has 2 N–H and O–H groups in total. The van der Waals surface area contributed by atoms with Crippen molar-refractivity contribution in [2.45, 2.75) is 39.3 Å². The molecule has 0 bridgehead atoms. The van der Waals surface area contributed by atoms with E-state index < -0.39 is 0 Å². The minimum absolute atomic E-state index is 0.275. The average Bonchev–Trinajstić information content (AvgIpc) is 2.68. The van der Waals surface area contributed by atoms with Crippen molar-refractivity contribution < 1.29 is 9.47 Å². The van der Waals surface area contributed by atoms with Crippen molar-refractivity contribution in [3.8, 4) is 0 Å². The SMILES string of the molecule is CCNC(=NCC(C)(C)OC)NCC(c1ccc(C)cc1)N1CCOCC1. The zero-order valence-electron chi connectivity index (χ0n) is 17.5. The number of methoxy groups -OCH3 is 1. The third kappa shape index (κ3) is 7.13. The molecular weight excluding hydrogens is 340 g/mol. The highest BCUT2D eigenvalue weighted by Crippen LogP contribution is 2.21. The Bertz CT molecular complexity index is 580. The molecule has 0 amide bonds. The molecule has 0 aromatic heterocycles. The van der Waals surface area contributed by atoms with Crippen molar-refractivity contribution in [3.05, 3.63) is 35.4 Å². The second kappa shape index (κ2) is 10.6. The van der Waals surface area contributed by atoms with Crippen LogP contribution in [0.2, 0.25) is 0 Å². The fourth-order valence-corrected chi connectivity index (χ4v) is 3.00. The van der Waals surface area contributed by atoms with Gasteiger partial charge in [-0.15, -0.1) is 0 Å². The van der Waals surface area contributed by atoms with Crippen LogP contribution in [-0.4, -0.2) is 69.5 Å². The predicted octanol–water partition coefficient (Wildman–Crippen LogP) is 2.35. The second-order valence-electron chi connectivity index (χ2n) is 7.61. The zero-order chi connectivity index (χ0) is 19.7. The quantitative estimate of drug-likeness (QED) is 0.539. The first kappa shape index (κ1) is 21.7. The maximum absolute atomic E-state index is 5.55. The van der Waals surface area contributed by atoms with Crippen molar-refractivity contribution in [3.63, 3.8) is 0 Å². The molecule has 6 nitrogen and oxygen atoms in total. The summed E-state index contributed by atoms with van der Waals surface area (Å²) in [5.74, 6) is 0.827. The second-order valence-corrected chi connectivity index (χ2v) is 7.61. The van der Waals surface area contributed by atoms with Gasteiger partial charge >= 0.3 is 0 Å². The summed E-state index contributed by atoms with van der Waals surface area (Å²) in [5.41, 5.74) is 2.33. The van der Waals surface area contributed by atoms with Crippen LogP contribution in [-0.2, 0) is 9.47 Å². The molecule has 1 atom stereocenters. The van der Waals surface area contributed by atoms with Gasteiger partial charge in [0.2, 0.25) is 0 Å². The van der Waals surface area contributed by atoms with Crippen LogP contribution < -0.4 is 10.6 Å². The largest absolute Gasteiger partial charge is 0.379 e. The Hall–Kier alpha value is -1.63. The molecule has 0 aliphatic carbocycles. The van der Waals surface area contributed by atoms with Crippen molar-refractivity contribution in [1.29, 1.82) is 0 Å². The molecule has 1 heterocycles. The lowest BCUT2D eigenvalue weighted by Gasteiger charge is -2.35. The van der Waals surface area contributed by atoms with Crippen molar-refractivity contribution in [1.82, 2.24) is 15.5 Å². The molecule has 0 saturated carbocycles. The minimum Gasteiger partial charge on any atom is -0.379 e. The van der Waals surface area contributed by atoms with E-state index >= 15 is 0 Å². The highest BCUT2D eigenvalue weighted by atomic mass is 16.5. The molecular formula is C21H36N4O2. The van der Waals surface area contributed by atoms with Gasteiger partial charge in [-0.2, -0.15) is 0 Å². The number of ether oxygens (including phenoxy) is 2. The number of hydrogen-bond donors (Lipinski definition) is 2. The van der Waals surface area contributed by atoms with Crippen LogP contribution in [0, 0.1) is 6.92 Å². The lowest BCUT2D eigenvalue weighted by atomic mass is 10.0. The summed E-state index contributed by atoms with van der Waals surface area (Å²) in [5, 5.41) is 6.87. The number of hydrogen-bond acceptors (Lipinski definition) is 4. The number of guanidine groups is 1. The van der Waals surface area contributed by atoms with Gasteiger partial charge in [0, 0.05) is 33.3 Å². The molecule has 0 radical (unpaired) electrons.